The van der Waals surface area contributed by atoms with Crippen LogP contribution in [-0.4, -0.2) is 41.4 Å². The quantitative estimate of drug-likeness (QED) is 0.311. The van der Waals surface area contributed by atoms with Gasteiger partial charge < -0.3 is 4.90 Å². The molecule has 0 radical (unpaired) electrons. The van der Waals surface area contributed by atoms with Gasteiger partial charge >= 0.3 is 0 Å². The first-order valence-corrected chi connectivity index (χ1v) is 12.3. The number of hydrogen-bond donors (Lipinski definition) is 0. The molecule has 1 aliphatic rings. The van der Waals surface area contributed by atoms with Crippen LogP contribution in [0.1, 0.15) is 21.5 Å². The van der Waals surface area contributed by atoms with Gasteiger partial charge in [-0.05, 0) is 46.5 Å². The van der Waals surface area contributed by atoms with Gasteiger partial charge in [0.25, 0.3) is 5.91 Å². The molecule has 4 aromatic rings. The zero-order valence-corrected chi connectivity index (χ0v) is 20.3. The summed E-state index contributed by atoms with van der Waals surface area (Å²) in [6, 6.07) is 30.6. The highest BCUT2D eigenvalue weighted by atomic mass is 35.5. The summed E-state index contributed by atoms with van der Waals surface area (Å²) in [5.74, 6) is -0.0189. The maximum absolute atomic E-state index is 13.6. The number of rotatable bonds is 5. The molecular formula is C29H26Cl2N2O. The molecule has 1 amide bonds. The summed E-state index contributed by atoms with van der Waals surface area (Å²) in [7, 11) is 0. The molecule has 0 aliphatic carbocycles. The van der Waals surface area contributed by atoms with E-state index >= 15 is 0 Å². The van der Waals surface area contributed by atoms with Gasteiger partial charge in [0.1, 0.15) is 0 Å². The first kappa shape index (κ1) is 22.9. The number of hydrogen-bond acceptors (Lipinski definition) is 2. The van der Waals surface area contributed by atoms with Crippen molar-refractivity contribution in [1.29, 1.82) is 0 Å². The minimum absolute atomic E-state index is 0.0189. The Balaban J connectivity index is 1.42. The van der Waals surface area contributed by atoms with Crippen LogP contribution in [0.25, 0.3) is 10.8 Å². The molecule has 5 heteroatoms. The van der Waals surface area contributed by atoms with Crippen LogP contribution >= 0.6 is 23.2 Å². The van der Waals surface area contributed by atoms with Crippen molar-refractivity contribution >= 4 is 39.9 Å². The molecule has 0 saturated carbocycles. The van der Waals surface area contributed by atoms with Crippen molar-refractivity contribution in [2.45, 2.75) is 19.0 Å². The van der Waals surface area contributed by atoms with Crippen molar-refractivity contribution in [3.8, 4) is 0 Å². The number of carbonyl (C=O) groups is 1. The first-order chi connectivity index (χ1) is 16.5. The lowest BCUT2D eigenvalue weighted by Gasteiger charge is -2.42. The predicted octanol–water partition coefficient (Wildman–Crippen LogP) is 6.72. The van der Waals surface area contributed by atoms with Gasteiger partial charge in [0.2, 0.25) is 0 Å². The van der Waals surface area contributed by atoms with Gasteiger partial charge in [-0.25, -0.2) is 0 Å². The van der Waals surface area contributed by atoms with Crippen LogP contribution in [0.2, 0.25) is 10.0 Å². The molecule has 3 nitrogen and oxygen atoms in total. The minimum Gasteiger partial charge on any atom is -0.333 e. The Morgan fingerprint density at radius 1 is 0.765 bits per heavy atom. The number of halogens is 2. The van der Waals surface area contributed by atoms with Crippen molar-refractivity contribution < 1.29 is 4.79 Å². The predicted molar refractivity (Wildman–Crippen MR) is 141 cm³/mol. The Hall–Kier alpha value is -2.85. The third-order valence-electron chi connectivity index (χ3n) is 6.47. The smallest absolute Gasteiger partial charge is 0.254 e. The lowest BCUT2D eigenvalue weighted by Crippen LogP contribution is -2.55. The number of amides is 1. The fraction of sp³-hybridized carbons (Fsp3) is 0.207. The van der Waals surface area contributed by atoms with E-state index in [0.717, 1.165) is 26.1 Å². The van der Waals surface area contributed by atoms with Crippen LogP contribution in [0.5, 0.6) is 0 Å². The molecule has 1 atom stereocenters. The average molecular weight is 489 g/mol. The lowest BCUT2D eigenvalue weighted by molar-refractivity contribution is 0.0439. The number of piperazine rings is 1. The van der Waals surface area contributed by atoms with Gasteiger partial charge in [0.05, 0.1) is 0 Å². The highest BCUT2D eigenvalue weighted by Crippen LogP contribution is 2.25. The number of nitrogens with zero attached hydrogens (tertiary/aromatic N) is 2. The molecular weight excluding hydrogens is 463 g/mol. The van der Waals surface area contributed by atoms with E-state index < -0.39 is 0 Å². The fourth-order valence-corrected chi connectivity index (χ4v) is 5.35. The van der Waals surface area contributed by atoms with Gasteiger partial charge in [0, 0.05) is 47.8 Å². The molecule has 4 aromatic carbocycles. The molecule has 1 heterocycles. The Morgan fingerprint density at radius 2 is 1.47 bits per heavy atom. The van der Waals surface area contributed by atoms with Crippen LogP contribution < -0.4 is 0 Å². The van der Waals surface area contributed by atoms with E-state index in [9.17, 15) is 4.79 Å². The van der Waals surface area contributed by atoms with Crippen molar-refractivity contribution in [2.24, 2.45) is 0 Å². The SMILES string of the molecule is O=C(c1cc(Cl)cc(Cl)c1)N1CCN(Cc2ccccc2)C[C@H]1Cc1ccc2ccccc2c1. The topological polar surface area (TPSA) is 23.6 Å². The largest absolute Gasteiger partial charge is 0.333 e. The Bertz CT molecular complexity index is 1290. The Kier molecular flexibility index (Phi) is 6.87. The molecule has 1 aliphatic heterocycles. The summed E-state index contributed by atoms with van der Waals surface area (Å²) in [6.45, 7) is 3.17. The molecule has 1 saturated heterocycles. The lowest BCUT2D eigenvalue weighted by atomic mass is 9.98. The van der Waals surface area contributed by atoms with E-state index in [0.29, 0.717) is 22.2 Å². The number of carbonyl (C=O) groups excluding carboxylic acids is 1. The van der Waals surface area contributed by atoms with Crippen molar-refractivity contribution in [2.75, 3.05) is 19.6 Å². The van der Waals surface area contributed by atoms with E-state index in [4.69, 9.17) is 23.2 Å². The second kappa shape index (κ2) is 10.2. The van der Waals surface area contributed by atoms with E-state index in [1.165, 1.54) is 21.9 Å². The summed E-state index contributed by atoms with van der Waals surface area (Å²) < 4.78 is 0. The van der Waals surface area contributed by atoms with E-state index in [2.05, 4.69) is 71.6 Å². The molecule has 34 heavy (non-hydrogen) atoms. The normalized spacial score (nSPS) is 16.6. The maximum Gasteiger partial charge on any atom is 0.254 e. The Morgan fingerprint density at radius 3 is 2.24 bits per heavy atom. The fourth-order valence-electron chi connectivity index (χ4n) is 4.83. The van der Waals surface area contributed by atoms with Gasteiger partial charge in [0.15, 0.2) is 0 Å². The van der Waals surface area contributed by atoms with Crippen LogP contribution in [0, 0.1) is 0 Å². The highest BCUT2D eigenvalue weighted by molar-refractivity contribution is 6.35. The number of benzene rings is 4. The van der Waals surface area contributed by atoms with Crippen LogP contribution in [0.3, 0.4) is 0 Å². The average Bonchev–Trinajstić information content (AvgIpc) is 2.84. The molecule has 172 valence electrons. The standard InChI is InChI=1S/C29H26Cl2N2O/c30-26-16-25(17-27(31)18-26)29(34)33-13-12-32(19-21-6-2-1-3-7-21)20-28(33)15-22-10-11-23-8-4-5-9-24(23)14-22/h1-11,14,16-18,28H,12-13,15,19-20H2/t28-/m1/s1. The Labute approximate surface area is 210 Å². The summed E-state index contributed by atoms with van der Waals surface area (Å²) in [5, 5.41) is 3.40. The van der Waals surface area contributed by atoms with Crippen LogP contribution in [-0.2, 0) is 13.0 Å². The van der Waals surface area contributed by atoms with Crippen molar-refractivity contribution in [3.05, 3.63) is 118 Å². The van der Waals surface area contributed by atoms with Gasteiger partial charge in [-0.3, -0.25) is 9.69 Å². The molecule has 1 fully saturated rings. The summed E-state index contributed by atoms with van der Waals surface area (Å²) >= 11 is 12.4. The summed E-state index contributed by atoms with van der Waals surface area (Å²) in [6.07, 6.45) is 0.788. The maximum atomic E-state index is 13.6. The van der Waals surface area contributed by atoms with Crippen molar-refractivity contribution in [1.82, 2.24) is 9.80 Å². The molecule has 0 aromatic heterocycles. The molecule has 0 unspecified atom stereocenters. The van der Waals surface area contributed by atoms with Crippen molar-refractivity contribution in [3.63, 3.8) is 0 Å². The van der Waals surface area contributed by atoms with Crippen LogP contribution in [0.15, 0.2) is 91.0 Å². The van der Waals surface area contributed by atoms with E-state index in [-0.39, 0.29) is 11.9 Å². The third-order valence-corrected chi connectivity index (χ3v) is 6.91. The summed E-state index contributed by atoms with van der Waals surface area (Å²) in [5.41, 5.74) is 3.05. The zero-order valence-electron chi connectivity index (χ0n) is 18.8. The number of fused-ring (bicyclic) bond motifs is 1. The molecule has 0 spiro atoms. The van der Waals surface area contributed by atoms with E-state index in [1.54, 1.807) is 18.2 Å². The van der Waals surface area contributed by atoms with Gasteiger partial charge in [-0.2, -0.15) is 0 Å². The van der Waals surface area contributed by atoms with Gasteiger partial charge in [-0.15, -0.1) is 0 Å². The summed E-state index contributed by atoms with van der Waals surface area (Å²) in [4.78, 5) is 18.0. The van der Waals surface area contributed by atoms with E-state index in [1.807, 2.05) is 11.0 Å². The zero-order chi connectivity index (χ0) is 23.5. The highest BCUT2D eigenvalue weighted by Gasteiger charge is 2.31. The third kappa shape index (κ3) is 5.28. The first-order valence-electron chi connectivity index (χ1n) is 11.6. The second-order valence-corrected chi connectivity index (χ2v) is 9.79. The molecule has 0 bridgehead atoms. The van der Waals surface area contributed by atoms with Gasteiger partial charge in [-0.1, -0.05) is 96.0 Å². The monoisotopic (exact) mass is 488 g/mol. The molecule has 0 N–H and O–H groups in total. The van der Waals surface area contributed by atoms with Crippen LogP contribution in [0.4, 0.5) is 0 Å². The minimum atomic E-state index is -0.0189. The second-order valence-electron chi connectivity index (χ2n) is 8.92. The molecule has 5 rings (SSSR count).